The monoisotopic (exact) mass is 227 g/mol. The lowest BCUT2D eigenvalue weighted by Gasteiger charge is -2.40. The molecule has 0 radical (unpaired) electrons. The molecule has 0 aromatic rings. The molecule has 3 nitrogen and oxygen atoms in total. The molecule has 0 amide bonds. The lowest BCUT2D eigenvalue weighted by molar-refractivity contribution is 0.294. The SMILES string of the molecule is CCN(CC)B(N(CC)CC)N(CC)CC. The van der Waals surface area contributed by atoms with E-state index in [2.05, 4.69) is 56.0 Å². The molecule has 0 aromatic heterocycles. The molecule has 0 saturated carbocycles. The van der Waals surface area contributed by atoms with Crippen LogP contribution in [0.5, 0.6) is 0 Å². The normalized spacial score (nSPS) is 11.8. The molecule has 0 unspecified atom stereocenters. The van der Waals surface area contributed by atoms with Crippen LogP contribution in [0.2, 0.25) is 0 Å². The van der Waals surface area contributed by atoms with E-state index in [-0.39, 0.29) is 0 Å². The summed E-state index contributed by atoms with van der Waals surface area (Å²) >= 11 is 0. The molecule has 4 heteroatoms. The second kappa shape index (κ2) is 9.02. The van der Waals surface area contributed by atoms with Crippen LogP contribution in [0.4, 0.5) is 0 Å². The van der Waals surface area contributed by atoms with Gasteiger partial charge in [0.2, 0.25) is 0 Å². The van der Waals surface area contributed by atoms with Crippen LogP contribution in [0.15, 0.2) is 0 Å². The van der Waals surface area contributed by atoms with Crippen molar-refractivity contribution in [3.63, 3.8) is 0 Å². The lowest BCUT2D eigenvalue weighted by atomic mass is 9.82. The van der Waals surface area contributed by atoms with Gasteiger partial charge >= 0.3 is 7.12 Å². The average Bonchev–Trinajstić information content (AvgIpc) is 2.33. The maximum Gasteiger partial charge on any atom is 0.403 e. The largest absolute Gasteiger partial charge is 0.403 e. The van der Waals surface area contributed by atoms with Gasteiger partial charge in [0.15, 0.2) is 0 Å². The van der Waals surface area contributed by atoms with Gasteiger partial charge in [0.25, 0.3) is 0 Å². The van der Waals surface area contributed by atoms with Crippen molar-refractivity contribution in [2.24, 2.45) is 0 Å². The molecule has 0 aliphatic carbocycles. The summed E-state index contributed by atoms with van der Waals surface area (Å²) in [5.74, 6) is 0. The van der Waals surface area contributed by atoms with Crippen LogP contribution in [-0.2, 0) is 0 Å². The Morgan fingerprint density at radius 2 is 0.688 bits per heavy atom. The van der Waals surface area contributed by atoms with Gasteiger partial charge in [-0.25, -0.2) is 0 Å². The van der Waals surface area contributed by atoms with Gasteiger partial charge in [0, 0.05) is 0 Å². The number of hydrogen-bond acceptors (Lipinski definition) is 3. The van der Waals surface area contributed by atoms with E-state index in [4.69, 9.17) is 0 Å². The Balaban J connectivity index is 4.84. The Kier molecular flexibility index (Phi) is 8.99. The third kappa shape index (κ3) is 4.08. The Bertz CT molecular complexity index is 126. The van der Waals surface area contributed by atoms with Crippen molar-refractivity contribution in [2.45, 2.75) is 41.5 Å². The lowest BCUT2D eigenvalue weighted by Crippen LogP contribution is -2.62. The first-order chi connectivity index (χ1) is 7.69. The van der Waals surface area contributed by atoms with E-state index in [0.717, 1.165) is 39.3 Å². The van der Waals surface area contributed by atoms with E-state index in [9.17, 15) is 0 Å². The molecule has 0 aliphatic rings. The van der Waals surface area contributed by atoms with Crippen LogP contribution in [0, 0.1) is 0 Å². The van der Waals surface area contributed by atoms with Crippen molar-refractivity contribution in [3.8, 4) is 0 Å². The summed E-state index contributed by atoms with van der Waals surface area (Å²) in [6, 6.07) is 0. The minimum Gasteiger partial charge on any atom is -0.314 e. The van der Waals surface area contributed by atoms with Crippen molar-refractivity contribution >= 4 is 7.12 Å². The molecule has 0 rings (SSSR count). The molecule has 0 aromatic carbocycles. The van der Waals surface area contributed by atoms with Crippen molar-refractivity contribution in [1.29, 1.82) is 0 Å². The zero-order chi connectivity index (χ0) is 12.6. The number of rotatable bonds is 9. The molecule has 0 atom stereocenters. The molecule has 0 spiro atoms. The minimum absolute atomic E-state index is 0.472. The molecule has 0 heterocycles. The van der Waals surface area contributed by atoms with E-state index in [1.807, 2.05) is 0 Å². The first kappa shape index (κ1) is 15.9. The molecule has 0 saturated heterocycles. The topological polar surface area (TPSA) is 9.72 Å². The maximum atomic E-state index is 2.54. The highest BCUT2D eigenvalue weighted by Gasteiger charge is 2.32. The zero-order valence-corrected chi connectivity index (χ0v) is 12.2. The van der Waals surface area contributed by atoms with Gasteiger partial charge in [-0.05, 0) is 39.3 Å². The fourth-order valence-electron chi connectivity index (χ4n) is 2.34. The summed E-state index contributed by atoms with van der Waals surface area (Å²) in [6.07, 6.45) is 0. The van der Waals surface area contributed by atoms with Crippen LogP contribution >= 0.6 is 0 Å². The van der Waals surface area contributed by atoms with Gasteiger partial charge in [-0.2, -0.15) is 0 Å². The summed E-state index contributed by atoms with van der Waals surface area (Å²) in [5, 5.41) is 0. The first-order valence-corrected chi connectivity index (χ1v) is 6.91. The Hall–Kier alpha value is -0.0551. The van der Waals surface area contributed by atoms with Crippen LogP contribution in [0.3, 0.4) is 0 Å². The van der Waals surface area contributed by atoms with E-state index in [1.165, 1.54) is 0 Å². The molecular formula is C12H30BN3. The van der Waals surface area contributed by atoms with Gasteiger partial charge < -0.3 is 14.4 Å². The van der Waals surface area contributed by atoms with Crippen LogP contribution in [-0.4, -0.2) is 60.8 Å². The highest BCUT2D eigenvalue weighted by Crippen LogP contribution is 2.07. The highest BCUT2D eigenvalue weighted by molar-refractivity contribution is 6.49. The summed E-state index contributed by atoms with van der Waals surface area (Å²) in [4.78, 5) is 7.63. The fraction of sp³-hybridized carbons (Fsp3) is 1.00. The second-order valence-corrected chi connectivity index (χ2v) is 4.01. The summed E-state index contributed by atoms with van der Waals surface area (Å²) in [7, 11) is 0.472. The highest BCUT2D eigenvalue weighted by atomic mass is 15.3. The smallest absolute Gasteiger partial charge is 0.314 e. The second-order valence-electron chi connectivity index (χ2n) is 4.01. The Morgan fingerprint density at radius 3 is 0.812 bits per heavy atom. The summed E-state index contributed by atoms with van der Waals surface area (Å²) in [5.41, 5.74) is 0. The van der Waals surface area contributed by atoms with Gasteiger partial charge in [0.05, 0.1) is 0 Å². The Labute approximate surface area is 103 Å². The number of nitrogens with zero attached hydrogens (tertiary/aromatic N) is 3. The minimum atomic E-state index is 0.472. The standard InChI is InChI=1S/C12H30BN3/c1-7-14(8-2)13(15(9-3)10-4)16(11-5)12-6/h7-12H2,1-6H3. The molecule has 0 bridgehead atoms. The third-order valence-corrected chi connectivity index (χ3v) is 3.42. The predicted molar refractivity (Wildman–Crippen MR) is 74.5 cm³/mol. The summed E-state index contributed by atoms with van der Waals surface area (Å²) in [6.45, 7) is 20.2. The van der Waals surface area contributed by atoms with Crippen LogP contribution < -0.4 is 0 Å². The third-order valence-electron chi connectivity index (χ3n) is 3.42. The molecule has 0 aliphatic heterocycles. The average molecular weight is 227 g/mol. The van der Waals surface area contributed by atoms with Crippen molar-refractivity contribution in [1.82, 2.24) is 14.4 Å². The molecule has 96 valence electrons. The summed E-state index contributed by atoms with van der Waals surface area (Å²) < 4.78 is 0. The van der Waals surface area contributed by atoms with Crippen molar-refractivity contribution in [3.05, 3.63) is 0 Å². The van der Waals surface area contributed by atoms with E-state index in [0.29, 0.717) is 7.12 Å². The van der Waals surface area contributed by atoms with Crippen LogP contribution in [0.25, 0.3) is 0 Å². The molecular weight excluding hydrogens is 197 g/mol. The predicted octanol–water partition coefficient (Wildman–Crippen LogP) is 2.00. The van der Waals surface area contributed by atoms with E-state index in [1.54, 1.807) is 0 Å². The fourth-order valence-corrected chi connectivity index (χ4v) is 2.34. The van der Waals surface area contributed by atoms with Crippen LogP contribution in [0.1, 0.15) is 41.5 Å². The van der Waals surface area contributed by atoms with Gasteiger partial charge in [-0.3, -0.25) is 0 Å². The quantitative estimate of drug-likeness (QED) is 0.558. The molecule has 0 fully saturated rings. The Morgan fingerprint density at radius 1 is 0.500 bits per heavy atom. The van der Waals surface area contributed by atoms with Crippen molar-refractivity contribution < 1.29 is 0 Å². The number of hydrogen-bond donors (Lipinski definition) is 0. The zero-order valence-electron chi connectivity index (χ0n) is 12.2. The van der Waals surface area contributed by atoms with Gasteiger partial charge in [-0.15, -0.1) is 0 Å². The van der Waals surface area contributed by atoms with Gasteiger partial charge in [-0.1, -0.05) is 41.5 Å². The van der Waals surface area contributed by atoms with Gasteiger partial charge in [0.1, 0.15) is 0 Å². The van der Waals surface area contributed by atoms with E-state index < -0.39 is 0 Å². The first-order valence-electron chi connectivity index (χ1n) is 6.91. The maximum absolute atomic E-state index is 2.54. The molecule has 16 heavy (non-hydrogen) atoms. The van der Waals surface area contributed by atoms with E-state index >= 15 is 0 Å². The van der Waals surface area contributed by atoms with Crippen molar-refractivity contribution in [2.75, 3.05) is 39.3 Å². The molecule has 0 N–H and O–H groups in total.